The number of allylic oxidation sites excluding steroid dienone is 25. The molecule has 0 aliphatic carbocycles. The van der Waals surface area contributed by atoms with Crippen molar-refractivity contribution in [3.05, 3.63) is 158 Å². The second kappa shape index (κ2) is 64.6. The summed E-state index contributed by atoms with van der Waals surface area (Å²) in [7, 11) is 1.13. The fourth-order valence-corrected chi connectivity index (χ4v) is 9.90. The van der Waals surface area contributed by atoms with Crippen molar-refractivity contribution >= 4 is 19.7 Å². The fourth-order valence-electron chi connectivity index (χ4n) is 9.18. The van der Waals surface area contributed by atoms with Crippen molar-refractivity contribution in [2.24, 2.45) is 0 Å². The molecule has 0 aromatic rings. The number of ether oxygens (including phenoxy) is 1. The van der Waals surface area contributed by atoms with Gasteiger partial charge in [-0.25, -0.2) is 0 Å². The molecule has 0 fully saturated rings. The van der Waals surface area contributed by atoms with Crippen LogP contribution in [-0.4, -0.2) is 69.4 Å². The molecule has 0 aliphatic rings. The molecule has 1 N–H and O–H groups in total. The molecule has 10 heteroatoms. The standard InChI is InChI=1S/C77H129N2O7P/c1-7-10-13-16-19-22-25-28-30-32-34-36-37-38-39-40-41-43-45-47-49-52-55-58-61-64-67-70-77(81)86-75(68-65-62-59-56-53-50-27-24-21-18-15-12-9-3)74(73-85-87(82,83)84-72-71-79(4,5)6)78-76(80)69-66-63-60-57-54-51-48-46-44-42-35-33-31-29-26-23-20-17-14-11-8-2/h10-11,13-14,19-20,22-23,28-31,34-36,38-39,41-43,46,48,54,57,65,68,74-75H,7-9,12,15-18,21,24-27,32-33,37,40,44-45,47,49-53,55-56,58-64,66-67,69-73H2,1-6H3,(H-,78,80,82,83)/b13-10-,14-11-,22-19-,23-20-,30-28-,31-29-,36-34-,39-38-,42-35-,43-41-,48-46-,57-54-,68-65-. The van der Waals surface area contributed by atoms with Crippen LogP contribution in [-0.2, 0) is 27.9 Å². The van der Waals surface area contributed by atoms with Gasteiger partial charge in [-0.1, -0.05) is 275 Å². The van der Waals surface area contributed by atoms with Crippen LogP contribution in [0.25, 0.3) is 0 Å². The van der Waals surface area contributed by atoms with Gasteiger partial charge >= 0.3 is 5.97 Å². The number of unbranched alkanes of at least 4 members (excludes halogenated alkanes) is 21. The van der Waals surface area contributed by atoms with Gasteiger partial charge in [0.2, 0.25) is 5.91 Å². The Morgan fingerprint density at radius 2 is 0.736 bits per heavy atom. The van der Waals surface area contributed by atoms with E-state index in [-0.39, 0.29) is 31.3 Å². The first-order valence-corrected chi connectivity index (χ1v) is 36.3. The Bertz CT molecular complexity index is 2050. The summed E-state index contributed by atoms with van der Waals surface area (Å²) in [6.07, 6.45) is 95.1. The third-order valence-electron chi connectivity index (χ3n) is 14.5. The number of nitrogens with one attached hydrogen (secondary N) is 1. The molecule has 1 amide bonds. The van der Waals surface area contributed by atoms with Crippen molar-refractivity contribution < 1.29 is 37.3 Å². The molecule has 0 heterocycles. The topological polar surface area (TPSA) is 114 Å². The highest BCUT2D eigenvalue weighted by atomic mass is 31.2. The van der Waals surface area contributed by atoms with Crippen LogP contribution in [0.4, 0.5) is 0 Å². The number of nitrogens with zero attached hydrogens (tertiary/aromatic N) is 1. The number of phosphoric ester groups is 1. The predicted molar refractivity (Wildman–Crippen MR) is 376 cm³/mol. The molecule has 0 aromatic heterocycles. The van der Waals surface area contributed by atoms with E-state index < -0.39 is 26.6 Å². The van der Waals surface area contributed by atoms with Crippen LogP contribution in [0.5, 0.6) is 0 Å². The zero-order chi connectivity index (χ0) is 63.5. The number of carbonyl (C=O) groups is 2. The van der Waals surface area contributed by atoms with Gasteiger partial charge in [0.15, 0.2) is 0 Å². The van der Waals surface area contributed by atoms with Gasteiger partial charge in [0.25, 0.3) is 7.82 Å². The largest absolute Gasteiger partial charge is 0.756 e. The summed E-state index contributed by atoms with van der Waals surface area (Å²) in [5, 5.41) is 3.01. The third-order valence-corrected chi connectivity index (χ3v) is 15.4. The summed E-state index contributed by atoms with van der Waals surface area (Å²) in [5.41, 5.74) is 0. The summed E-state index contributed by atoms with van der Waals surface area (Å²) in [6, 6.07) is -0.929. The van der Waals surface area contributed by atoms with Gasteiger partial charge in [-0.3, -0.25) is 14.2 Å². The minimum atomic E-state index is -4.73. The van der Waals surface area contributed by atoms with E-state index in [1.165, 1.54) is 83.5 Å². The number of phosphoric acid groups is 1. The lowest BCUT2D eigenvalue weighted by atomic mass is 10.0. The molecule has 3 unspecified atom stereocenters. The Kier molecular flexibility index (Phi) is 61.4. The summed E-state index contributed by atoms with van der Waals surface area (Å²) >= 11 is 0. The fraction of sp³-hybridized carbons (Fsp3) is 0.636. The van der Waals surface area contributed by atoms with Crippen LogP contribution in [0, 0.1) is 0 Å². The smallest absolute Gasteiger partial charge is 0.306 e. The number of amides is 1. The first-order valence-electron chi connectivity index (χ1n) is 34.8. The molecule has 0 spiro atoms. The monoisotopic (exact) mass is 1220 g/mol. The van der Waals surface area contributed by atoms with Crippen molar-refractivity contribution in [1.82, 2.24) is 5.32 Å². The minimum absolute atomic E-state index is 0.0413. The third kappa shape index (κ3) is 65.9. The quantitative estimate of drug-likeness (QED) is 0.0212. The molecule has 0 saturated carbocycles. The van der Waals surface area contributed by atoms with Crippen LogP contribution >= 0.6 is 7.82 Å². The zero-order valence-electron chi connectivity index (χ0n) is 56.4. The van der Waals surface area contributed by atoms with Gasteiger partial charge < -0.3 is 28.5 Å². The first-order chi connectivity index (χ1) is 42.4. The number of rotatable bonds is 61. The van der Waals surface area contributed by atoms with Crippen LogP contribution in [0.2, 0.25) is 0 Å². The Labute approximate surface area is 535 Å². The normalized spacial score (nSPS) is 14.5. The van der Waals surface area contributed by atoms with Gasteiger partial charge in [-0.15, -0.1) is 0 Å². The van der Waals surface area contributed by atoms with Crippen molar-refractivity contribution in [3.8, 4) is 0 Å². The Morgan fingerprint density at radius 3 is 1.11 bits per heavy atom. The van der Waals surface area contributed by atoms with Crippen molar-refractivity contribution in [2.75, 3.05) is 40.9 Å². The van der Waals surface area contributed by atoms with Crippen molar-refractivity contribution in [3.63, 3.8) is 0 Å². The molecular weight excluding hydrogens is 1100 g/mol. The number of likely N-dealkylation sites (N-methyl/N-ethyl adjacent to an activating group) is 1. The van der Waals surface area contributed by atoms with Gasteiger partial charge in [-0.2, -0.15) is 0 Å². The van der Waals surface area contributed by atoms with Crippen molar-refractivity contribution in [1.29, 1.82) is 0 Å². The lowest BCUT2D eigenvalue weighted by Gasteiger charge is -2.30. The zero-order valence-corrected chi connectivity index (χ0v) is 57.3. The maximum atomic E-state index is 13.6. The number of hydrogen-bond donors (Lipinski definition) is 1. The summed E-state index contributed by atoms with van der Waals surface area (Å²) in [6.45, 7) is 6.57. The predicted octanol–water partition coefficient (Wildman–Crippen LogP) is 21.7. The summed E-state index contributed by atoms with van der Waals surface area (Å²) < 4.78 is 30.4. The highest BCUT2D eigenvalue weighted by Crippen LogP contribution is 2.38. The van der Waals surface area contributed by atoms with Crippen LogP contribution in [0.1, 0.15) is 265 Å². The molecule has 0 rings (SSSR count). The van der Waals surface area contributed by atoms with Gasteiger partial charge in [0, 0.05) is 12.8 Å². The van der Waals surface area contributed by atoms with Crippen LogP contribution in [0.3, 0.4) is 0 Å². The number of esters is 1. The molecule has 0 aromatic carbocycles. The van der Waals surface area contributed by atoms with E-state index in [4.69, 9.17) is 13.8 Å². The molecule has 0 bridgehead atoms. The first kappa shape index (κ1) is 82.6. The van der Waals surface area contributed by atoms with E-state index in [2.05, 4.69) is 172 Å². The highest BCUT2D eigenvalue weighted by molar-refractivity contribution is 7.45. The summed E-state index contributed by atoms with van der Waals surface area (Å²) in [4.78, 5) is 40.2. The second-order valence-corrected chi connectivity index (χ2v) is 25.3. The molecular formula is C77H129N2O7P. The Morgan fingerprint density at radius 1 is 0.414 bits per heavy atom. The minimum Gasteiger partial charge on any atom is -0.756 e. The van der Waals surface area contributed by atoms with E-state index in [1.54, 1.807) is 0 Å². The number of quaternary nitrogens is 1. The lowest BCUT2D eigenvalue weighted by molar-refractivity contribution is -0.870. The van der Waals surface area contributed by atoms with Gasteiger partial charge in [0.1, 0.15) is 19.3 Å². The Balaban J connectivity index is 5.24. The van der Waals surface area contributed by atoms with E-state index in [0.29, 0.717) is 23.9 Å². The molecule has 494 valence electrons. The number of hydrogen-bond acceptors (Lipinski definition) is 7. The van der Waals surface area contributed by atoms with Gasteiger partial charge in [0.05, 0.1) is 33.8 Å². The molecule has 9 nitrogen and oxygen atoms in total. The number of carbonyl (C=O) groups excluding carboxylic acids is 2. The average molecular weight is 1230 g/mol. The van der Waals surface area contributed by atoms with E-state index in [1.807, 2.05) is 33.3 Å². The highest BCUT2D eigenvalue weighted by Gasteiger charge is 2.27. The maximum absolute atomic E-state index is 13.6. The van der Waals surface area contributed by atoms with E-state index in [0.717, 1.165) is 135 Å². The SMILES string of the molecule is CC/C=C\C/C=C\C/C=C\C/C=C\C/C=C\C/C=C\CCCCCCCCCCC(=O)OC(/C=C\CCCCCCCCCCCCC)C(COP(=O)([O-])OCC[N+](C)(C)C)NC(=O)CCCC/C=C\C/C=C\C/C=C\C/C=C\C/C=C\C/C=C\CC. The lowest BCUT2D eigenvalue weighted by Crippen LogP contribution is -2.47. The average Bonchev–Trinajstić information content (AvgIpc) is 3.70. The van der Waals surface area contributed by atoms with E-state index in [9.17, 15) is 19.0 Å². The molecule has 0 aliphatic heterocycles. The molecule has 87 heavy (non-hydrogen) atoms. The Hall–Kier alpha value is -4.37. The second-order valence-electron chi connectivity index (χ2n) is 23.9. The maximum Gasteiger partial charge on any atom is 0.306 e. The molecule has 0 radical (unpaired) electrons. The van der Waals surface area contributed by atoms with E-state index >= 15 is 0 Å². The summed E-state index contributed by atoms with van der Waals surface area (Å²) in [5.74, 6) is -0.611. The molecule has 0 saturated heterocycles. The van der Waals surface area contributed by atoms with Crippen LogP contribution < -0.4 is 10.2 Å². The molecule has 3 atom stereocenters. The van der Waals surface area contributed by atoms with Gasteiger partial charge in [-0.05, 0) is 134 Å². The van der Waals surface area contributed by atoms with Crippen LogP contribution in [0.15, 0.2) is 158 Å². The van der Waals surface area contributed by atoms with Crippen molar-refractivity contribution in [2.45, 2.75) is 277 Å².